The van der Waals surface area contributed by atoms with E-state index >= 15 is 0 Å². The van der Waals surface area contributed by atoms with Crippen molar-refractivity contribution in [2.45, 2.75) is 5.88 Å². The van der Waals surface area contributed by atoms with Gasteiger partial charge in [0.2, 0.25) is 0 Å². The second kappa shape index (κ2) is 5.44. The minimum atomic E-state index is -0.814. The van der Waals surface area contributed by atoms with E-state index in [9.17, 15) is 8.78 Å². The summed E-state index contributed by atoms with van der Waals surface area (Å²) in [4.78, 5) is 4.30. The van der Waals surface area contributed by atoms with Gasteiger partial charge in [0, 0.05) is 6.07 Å². The second-order valence-electron chi connectivity index (χ2n) is 4.32. The molecule has 0 saturated carbocycles. The summed E-state index contributed by atoms with van der Waals surface area (Å²) in [6, 6.07) is 6.88. The standard InChI is InChI=1S/C14H7Cl3F2N2/c15-6-12-20-11-3-1-2-8(16)14(11)21(12)13-9(17)4-7(18)5-10(13)19/h1-5H,6H2. The molecule has 2 nitrogen and oxygen atoms in total. The van der Waals surface area contributed by atoms with E-state index in [0.717, 1.165) is 12.1 Å². The van der Waals surface area contributed by atoms with Crippen LogP contribution in [-0.4, -0.2) is 9.55 Å². The number of fused-ring (bicyclic) bond motifs is 1. The zero-order valence-electron chi connectivity index (χ0n) is 10.4. The molecule has 21 heavy (non-hydrogen) atoms. The molecule has 0 N–H and O–H groups in total. The predicted molar refractivity (Wildman–Crippen MR) is 80.6 cm³/mol. The van der Waals surface area contributed by atoms with Gasteiger partial charge in [0.1, 0.15) is 17.3 Å². The number of hydrogen-bond acceptors (Lipinski definition) is 1. The molecule has 3 rings (SSSR count). The molecule has 0 amide bonds. The van der Waals surface area contributed by atoms with Crippen molar-refractivity contribution in [3.05, 3.63) is 57.8 Å². The Kier molecular flexibility index (Phi) is 3.78. The fourth-order valence-electron chi connectivity index (χ4n) is 2.21. The number of alkyl halides is 1. The molecule has 0 aliphatic rings. The molecule has 0 aliphatic carbocycles. The summed E-state index contributed by atoms with van der Waals surface area (Å²) in [6.45, 7) is 0. The molecular weight excluding hydrogens is 341 g/mol. The van der Waals surface area contributed by atoms with Crippen LogP contribution in [0, 0.1) is 11.6 Å². The quantitative estimate of drug-likeness (QED) is 0.571. The summed E-state index contributed by atoms with van der Waals surface area (Å²) < 4.78 is 28.8. The van der Waals surface area contributed by atoms with Crippen molar-refractivity contribution in [1.82, 2.24) is 9.55 Å². The number of imidazole rings is 1. The maximum atomic E-state index is 14.2. The van der Waals surface area contributed by atoms with E-state index in [1.807, 2.05) is 0 Å². The molecule has 0 spiro atoms. The van der Waals surface area contributed by atoms with Crippen LogP contribution < -0.4 is 0 Å². The number of nitrogens with zero attached hydrogens (tertiary/aromatic N) is 2. The number of rotatable bonds is 2. The molecule has 108 valence electrons. The van der Waals surface area contributed by atoms with Gasteiger partial charge in [0.25, 0.3) is 0 Å². The van der Waals surface area contributed by atoms with Crippen LogP contribution >= 0.6 is 34.8 Å². The molecule has 0 radical (unpaired) electrons. The lowest BCUT2D eigenvalue weighted by Crippen LogP contribution is -2.04. The summed E-state index contributed by atoms with van der Waals surface area (Å²) in [5, 5.41) is 0.286. The maximum Gasteiger partial charge on any atom is 0.151 e. The summed E-state index contributed by atoms with van der Waals surface area (Å²) in [7, 11) is 0. The molecule has 1 heterocycles. The molecule has 0 unspecified atom stereocenters. The van der Waals surface area contributed by atoms with Crippen molar-refractivity contribution < 1.29 is 8.78 Å². The highest BCUT2D eigenvalue weighted by atomic mass is 35.5. The molecular formula is C14H7Cl3F2N2. The highest BCUT2D eigenvalue weighted by Crippen LogP contribution is 2.33. The van der Waals surface area contributed by atoms with Crippen molar-refractivity contribution in [2.75, 3.05) is 0 Å². The largest absolute Gasteiger partial charge is 0.289 e. The van der Waals surface area contributed by atoms with Gasteiger partial charge in [-0.25, -0.2) is 13.8 Å². The van der Waals surface area contributed by atoms with Gasteiger partial charge >= 0.3 is 0 Å². The van der Waals surface area contributed by atoms with E-state index in [1.54, 1.807) is 18.2 Å². The first-order valence-electron chi connectivity index (χ1n) is 5.89. The topological polar surface area (TPSA) is 17.8 Å². The Balaban J connectivity index is 2.45. The molecule has 2 aromatic carbocycles. The third kappa shape index (κ3) is 2.37. The number of halogens is 5. The van der Waals surface area contributed by atoms with Crippen molar-refractivity contribution >= 4 is 45.8 Å². The summed E-state index contributed by atoms with van der Waals surface area (Å²) >= 11 is 18.0. The van der Waals surface area contributed by atoms with E-state index in [1.165, 1.54) is 4.57 Å². The Hall–Kier alpha value is -1.36. The van der Waals surface area contributed by atoms with E-state index in [0.29, 0.717) is 21.9 Å². The van der Waals surface area contributed by atoms with Crippen LogP contribution in [0.4, 0.5) is 8.78 Å². The zero-order valence-corrected chi connectivity index (χ0v) is 12.6. The number of hydrogen-bond donors (Lipinski definition) is 0. The fraction of sp³-hybridized carbons (Fsp3) is 0.0714. The van der Waals surface area contributed by atoms with Gasteiger partial charge in [0.05, 0.1) is 27.0 Å². The predicted octanol–water partition coefficient (Wildman–Crippen LogP) is 5.35. The van der Waals surface area contributed by atoms with E-state index < -0.39 is 11.6 Å². The third-order valence-electron chi connectivity index (χ3n) is 3.02. The molecule has 0 fully saturated rings. The van der Waals surface area contributed by atoms with Crippen LogP contribution in [0.2, 0.25) is 10.0 Å². The van der Waals surface area contributed by atoms with Crippen LogP contribution in [0.15, 0.2) is 30.3 Å². The smallest absolute Gasteiger partial charge is 0.151 e. The zero-order chi connectivity index (χ0) is 15.1. The summed E-state index contributed by atoms with van der Waals surface area (Å²) in [5.41, 5.74) is 1.00. The lowest BCUT2D eigenvalue weighted by atomic mass is 10.2. The van der Waals surface area contributed by atoms with Gasteiger partial charge in [-0.15, -0.1) is 11.6 Å². The van der Waals surface area contributed by atoms with Crippen LogP contribution in [0.3, 0.4) is 0 Å². The molecule has 0 saturated heterocycles. The lowest BCUT2D eigenvalue weighted by Gasteiger charge is -2.12. The Labute approximate surface area is 133 Å². The van der Waals surface area contributed by atoms with Gasteiger partial charge in [0.15, 0.2) is 5.82 Å². The van der Waals surface area contributed by atoms with Crippen molar-refractivity contribution in [3.63, 3.8) is 0 Å². The monoisotopic (exact) mass is 346 g/mol. The van der Waals surface area contributed by atoms with E-state index in [2.05, 4.69) is 4.98 Å². The minimum absolute atomic E-state index is 0.0238. The van der Waals surface area contributed by atoms with E-state index in [4.69, 9.17) is 34.8 Å². The highest BCUT2D eigenvalue weighted by Gasteiger charge is 2.20. The van der Waals surface area contributed by atoms with E-state index in [-0.39, 0.29) is 16.6 Å². The Morgan fingerprint density at radius 2 is 1.86 bits per heavy atom. The van der Waals surface area contributed by atoms with Crippen molar-refractivity contribution in [2.24, 2.45) is 0 Å². The summed E-state index contributed by atoms with van der Waals surface area (Å²) in [5.74, 6) is -1.18. The Morgan fingerprint density at radius 1 is 1.10 bits per heavy atom. The number of para-hydroxylation sites is 1. The second-order valence-corrected chi connectivity index (χ2v) is 5.40. The fourth-order valence-corrected chi connectivity index (χ4v) is 2.92. The molecule has 0 atom stereocenters. The first-order valence-corrected chi connectivity index (χ1v) is 7.18. The molecule has 0 bridgehead atoms. The molecule has 7 heteroatoms. The van der Waals surface area contributed by atoms with Gasteiger partial charge in [-0.05, 0) is 18.2 Å². The highest BCUT2D eigenvalue weighted by molar-refractivity contribution is 6.35. The Bertz CT molecular complexity index is 823. The van der Waals surface area contributed by atoms with Gasteiger partial charge in [-0.3, -0.25) is 4.57 Å². The normalized spacial score (nSPS) is 11.3. The number of aromatic nitrogens is 2. The van der Waals surface area contributed by atoms with Gasteiger partial charge in [-0.1, -0.05) is 29.3 Å². The molecule has 0 aliphatic heterocycles. The van der Waals surface area contributed by atoms with Crippen molar-refractivity contribution in [3.8, 4) is 5.69 Å². The van der Waals surface area contributed by atoms with Crippen LogP contribution in [-0.2, 0) is 5.88 Å². The Morgan fingerprint density at radius 3 is 2.52 bits per heavy atom. The van der Waals surface area contributed by atoms with Crippen molar-refractivity contribution in [1.29, 1.82) is 0 Å². The first kappa shape index (κ1) is 14.6. The van der Waals surface area contributed by atoms with Gasteiger partial charge < -0.3 is 0 Å². The lowest BCUT2D eigenvalue weighted by molar-refractivity contribution is 0.578. The molecule has 3 aromatic rings. The first-order chi connectivity index (χ1) is 10.0. The molecule has 1 aromatic heterocycles. The average molecular weight is 348 g/mol. The number of benzene rings is 2. The minimum Gasteiger partial charge on any atom is -0.289 e. The maximum absolute atomic E-state index is 14.2. The van der Waals surface area contributed by atoms with Crippen LogP contribution in [0.25, 0.3) is 16.7 Å². The SMILES string of the molecule is Fc1cc(F)c(-n2c(CCl)nc3cccc(Cl)c32)c(Cl)c1. The average Bonchev–Trinajstić information content (AvgIpc) is 2.78. The van der Waals surface area contributed by atoms with Crippen LogP contribution in [0.1, 0.15) is 5.82 Å². The van der Waals surface area contributed by atoms with Crippen LogP contribution in [0.5, 0.6) is 0 Å². The van der Waals surface area contributed by atoms with Gasteiger partial charge in [-0.2, -0.15) is 0 Å². The summed E-state index contributed by atoms with van der Waals surface area (Å²) in [6.07, 6.45) is 0. The third-order valence-corrected chi connectivity index (χ3v) is 3.85.